The highest BCUT2D eigenvalue weighted by atomic mass is 31.1. The standard InChI is InChI=1S/C7H11O5P/c1-5(2)7(8)12-6(3)4-11-13(9)10/h6H,1,4H2,2-3H3/p+1. The average Bonchev–Trinajstić information content (AvgIpc) is 2.00. The summed E-state index contributed by atoms with van der Waals surface area (Å²) in [6.07, 6.45) is -0.560. The number of carbonyl (C=O) groups is 1. The predicted molar refractivity (Wildman–Crippen MR) is 46.1 cm³/mol. The molecule has 0 heterocycles. The van der Waals surface area contributed by atoms with Gasteiger partial charge < -0.3 is 4.74 Å². The molecule has 6 heteroatoms. The minimum absolute atomic E-state index is 0.106. The Kier molecular flexibility index (Phi) is 5.46. The second kappa shape index (κ2) is 5.80. The first kappa shape index (κ1) is 12.2. The lowest BCUT2D eigenvalue weighted by molar-refractivity contribution is -0.144. The number of hydrogen-bond donors (Lipinski definition) is 1. The van der Waals surface area contributed by atoms with E-state index in [0.717, 1.165) is 0 Å². The van der Waals surface area contributed by atoms with Crippen LogP contribution in [-0.4, -0.2) is 23.6 Å². The van der Waals surface area contributed by atoms with Crippen LogP contribution < -0.4 is 0 Å². The van der Waals surface area contributed by atoms with Crippen LogP contribution in [0.2, 0.25) is 0 Å². The van der Waals surface area contributed by atoms with Crippen LogP contribution in [-0.2, 0) is 18.6 Å². The van der Waals surface area contributed by atoms with E-state index in [-0.39, 0.29) is 12.2 Å². The molecule has 74 valence electrons. The van der Waals surface area contributed by atoms with Crippen molar-refractivity contribution in [3.05, 3.63) is 12.2 Å². The Morgan fingerprint density at radius 1 is 1.69 bits per heavy atom. The van der Waals surface area contributed by atoms with Crippen molar-refractivity contribution in [2.24, 2.45) is 0 Å². The molecule has 0 amide bonds. The van der Waals surface area contributed by atoms with Crippen LogP contribution in [0.15, 0.2) is 12.2 Å². The molecule has 0 aliphatic heterocycles. The van der Waals surface area contributed by atoms with E-state index < -0.39 is 20.3 Å². The van der Waals surface area contributed by atoms with Gasteiger partial charge in [-0.25, -0.2) is 4.79 Å². The molecule has 13 heavy (non-hydrogen) atoms. The summed E-state index contributed by atoms with van der Waals surface area (Å²) < 4.78 is 19.2. The molecule has 0 aromatic rings. The summed E-state index contributed by atoms with van der Waals surface area (Å²) in [4.78, 5) is 19.2. The van der Waals surface area contributed by atoms with Gasteiger partial charge in [0.15, 0.2) is 0 Å². The minimum atomic E-state index is -2.64. The molecule has 0 saturated carbocycles. The van der Waals surface area contributed by atoms with E-state index in [1.807, 2.05) is 0 Å². The quantitative estimate of drug-likeness (QED) is 0.416. The van der Waals surface area contributed by atoms with Crippen molar-refractivity contribution in [1.82, 2.24) is 0 Å². The van der Waals surface area contributed by atoms with E-state index in [9.17, 15) is 9.36 Å². The first-order valence-electron chi connectivity index (χ1n) is 3.59. The van der Waals surface area contributed by atoms with Crippen molar-refractivity contribution in [2.75, 3.05) is 6.61 Å². The van der Waals surface area contributed by atoms with Crippen molar-refractivity contribution in [2.45, 2.75) is 20.0 Å². The van der Waals surface area contributed by atoms with Crippen LogP contribution in [0.4, 0.5) is 0 Å². The molecule has 2 atom stereocenters. The SMILES string of the molecule is C=C(C)C(=O)OC(C)CO[P+](=O)O. The van der Waals surface area contributed by atoms with Gasteiger partial charge in [0.1, 0.15) is 12.7 Å². The van der Waals surface area contributed by atoms with Crippen LogP contribution in [0.1, 0.15) is 13.8 Å². The molecule has 0 aliphatic carbocycles. The lowest BCUT2D eigenvalue weighted by Crippen LogP contribution is -2.19. The highest BCUT2D eigenvalue weighted by Gasteiger charge is 2.17. The Morgan fingerprint density at radius 3 is 2.62 bits per heavy atom. The van der Waals surface area contributed by atoms with Crippen LogP contribution in [0.3, 0.4) is 0 Å². The molecule has 1 N–H and O–H groups in total. The van der Waals surface area contributed by atoms with E-state index >= 15 is 0 Å². The molecule has 0 saturated heterocycles. The van der Waals surface area contributed by atoms with Crippen LogP contribution in [0, 0.1) is 0 Å². The smallest absolute Gasteiger partial charge is 0.457 e. The fourth-order valence-corrected chi connectivity index (χ4v) is 0.824. The Morgan fingerprint density at radius 2 is 2.23 bits per heavy atom. The van der Waals surface area contributed by atoms with E-state index in [4.69, 9.17) is 9.63 Å². The normalized spacial score (nSPS) is 13.3. The molecule has 0 aliphatic rings. The van der Waals surface area contributed by atoms with Crippen molar-refractivity contribution in [1.29, 1.82) is 0 Å². The van der Waals surface area contributed by atoms with Crippen molar-refractivity contribution in [3.63, 3.8) is 0 Å². The van der Waals surface area contributed by atoms with Crippen molar-refractivity contribution in [3.8, 4) is 0 Å². The molecule has 5 nitrogen and oxygen atoms in total. The summed E-state index contributed by atoms with van der Waals surface area (Å²) in [5.74, 6) is -0.538. The molecule has 0 bridgehead atoms. The predicted octanol–water partition coefficient (Wildman–Crippen LogP) is 1.16. The zero-order chi connectivity index (χ0) is 10.4. The van der Waals surface area contributed by atoms with Gasteiger partial charge in [0.2, 0.25) is 0 Å². The summed E-state index contributed by atoms with van der Waals surface area (Å²) in [5.41, 5.74) is 0.278. The molecule has 0 fully saturated rings. The topological polar surface area (TPSA) is 72.8 Å². The lowest BCUT2D eigenvalue weighted by atomic mass is 10.3. The molecular weight excluding hydrogens is 195 g/mol. The van der Waals surface area contributed by atoms with Gasteiger partial charge in [0.05, 0.1) is 0 Å². The number of esters is 1. The first-order chi connectivity index (χ1) is 5.93. The highest BCUT2D eigenvalue weighted by Crippen LogP contribution is 2.15. The van der Waals surface area contributed by atoms with Gasteiger partial charge in [-0.15, -0.1) is 9.42 Å². The molecule has 0 aromatic carbocycles. The summed E-state index contributed by atoms with van der Waals surface area (Å²) in [6, 6.07) is 0. The Balaban J connectivity index is 3.74. The third-order valence-electron chi connectivity index (χ3n) is 1.08. The number of carbonyl (C=O) groups excluding carboxylic acids is 1. The zero-order valence-corrected chi connectivity index (χ0v) is 8.41. The van der Waals surface area contributed by atoms with Crippen molar-refractivity contribution >= 4 is 14.2 Å². The summed E-state index contributed by atoms with van der Waals surface area (Å²) in [6.45, 7) is 6.35. The highest BCUT2D eigenvalue weighted by molar-refractivity contribution is 7.32. The van der Waals surface area contributed by atoms with E-state index in [2.05, 4.69) is 11.1 Å². The van der Waals surface area contributed by atoms with Gasteiger partial charge in [-0.05, 0) is 13.8 Å². The molecular formula is C7H12O5P+. The number of rotatable bonds is 5. The van der Waals surface area contributed by atoms with Crippen LogP contribution in [0.25, 0.3) is 0 Å². The van der Waals surface area contributed by atoms with Gasteiger partial charge in [0, 0.05) is 10.1 Å². The third-order valence-corrected chi connectivity index (χ3v) is 1.45. The van der Waals surface area contributed by atoms with Gasteiger partial charge in [-0.3, -0.25) is 0 Å². The number of hydrogen-bond acceptors (Lipinski definition) is 4. The molecule has 0 rings (SSSR count). The van der Waals surface area contributed by atoms with Gasteiger partial charge in [0.25, 0.3) is 0 Å². The fourth-order valence-electron chi connectivity index (χ4n) is 0.486. The van der Waals surface area contributed by atoms with E-state index in [0.29, 0.717) is 0 Å². The maximum Gasteiger partial charge on any atom is 0.694 e. The molecule has 0 spiro atoms. The van der Waals surface area contributed by atoms with Crippen LogP contribution in [0.5, 0.6) is 0 Å². The third kappa shape index (κ3) is 6.40. The second-order valence-electron chi connectivity index (χ2n) is 2.53. The van der Waals surface area contributed by atoms with Gasteiger partial charge >= 0.3 is 14.2 Å². The zero-order valence-electron chi connectivity index (χ0n) is 7.52. The maximum atomic E-state index is 10.9. The van der Waals surface area contributed by atoms with Gasteiger partial charge in [-0.2, -0.15) is 0 Å². The Bertz CT molecular complexity index is 225. The lowest BCUT2D eigenvalue weighted by Gasteiger charge is -2.08. The van der Waals surface area contributed by atoms with Crippen molar-refractivity contribution < 1.29 is 23.5 Å². The first-order valence-corrected chi connectivity index (χ1v) is 4.72. The Labute approximate surface area is 77.3 Å². The summed E-state index contributed by atoms with van der Waals surface area (Å²) in [7, 11) is -2.64. The van der Waals surface area contributed by atoms with E-state index in [1.165, 1.54) is 6.92 Å². The largest absolute Gasteiger partial charge is 0.694 e. The molecule has 0 radical (unpaired) electrons. The van der Waals surface area contributed by atoms with E-state index in [1.54, 1.807) is 6.92 Å². The minimum Gasteiger partial charge on any atom is -0.457 e. The summed E-state index contributed by atoms with van der Waals surface area (Å²) in [5, 5.41) is 0. The van der Waals surface area contributed by atoms with Crippen LogP contribution >= 0.6 is 8.25 Å². The number of ether oxygens (including phenoxy) is 1. The monoisotopic (exact) mass is 207 g/mol. The molecule has 2 unspecified atom stereocenters. The molecule has 0 aromatic heterocycles. The maximum absolute atomic E-state index is 10.9. The second-order valence-corrected chi connectivity index (χ2v) is 3.26. The Hall–Kier alpha value is -0.770. The fraction of sp³-hybridized carbons (Fsp3) is 0.571. The average molecular weight is 207 g/mol. The van der Waals surface area contributed by atoms with Gasteiger partial charge in [-0.1, -0.05) is 6.58 Å². The summed E-state index contributed by atoms with van der Waals surface area (Å²) >= 11 is 0.